The predicted octanol–water partition coefficient (Wildman–Crippen LogP) is 6.79. The number of anilines is 1. The van der Waals surface area contributed by atoms with E-state index in [0.29, 0.717) is 31.5 Å². The van der Waals surface area contributed by atoms with Crippen molar-refractivity contribution in [3.8, 4) is 0 Å². The highest BCUT2D eigenvalue weighted by atomic mass is 35.5. The molecule has 1 aromatic heterocycles. The normalized spacial score (nSPS) is 15.6. The first-order chi connectivity index (χ1) is 17.4. The zero-order valence-electron chi connectivity index (χ0n) is 19.1. The van der Waals surface area contributed by atoms with Crippen LogP contribution in [0.3, 0.4) is 0 Å². The lowest BCUT2D eigenvalue weighted by molar-refractivity contribution is -0.117. The fourth-order valence-corrected chi connectivity index (χ4v) is 4.98. The van der Waals surface area contributed by atoms with Gasteiger partial charge in [-0.3, -0.25) is 9.59 Å². The van der Waals surface area contributed by atoms with Crippen LogP contribution in [0.25, 0.3) is 17.0 Å². The van der Waals surface area contributed by atoms with Crippen LogP contribution in [0.1, 0.15) is 11.1 Å². The second kappa shape index (κ2) is 10.2. The summed E-state index contributed by atoms with van der Waals surface area (Å²) in [5.74, 6) is -0.396. The number of nitrogens with one attached hydrogen (secondary N) is 2. The van der Waals surface area contributed by atoms with Crippen molar-refractivity contribution in [2.45, 2.75) is 13.5 Å². The Hall–Kier alpha value is -3.52. The number of thioether (sulfide) groups is 1. The van der Waals surface area contributed by atoms with Crippen molar-refractivity contribution in [1.82, 2.24) is 9.88 Å². The minimum absolute atomic E-state index is 0.117. The highest BCUT2D eigenvalue weighted by Crippen LogP contribution is 2.33. The third-order valence-corrected chi connectivity index (χ3v) is 7.23. The first kappa shape index (κ1) is 24.2. The molecular weight excluding hydrogens is 515 g/mol. The number of aliphatic imine (C=N–C) groups is 1. The Morgan fingerprint density at radius 1 is 1.08 bits per heavy atom. The van der Waals surface area contributed by atoms with Crippen LogP contribution in [0, 0.1) is 6.92 Å². The van der Waals surface area contributed by atoms with Crippen molar-refractivity contribution < 1.29 is 9.59 Å². The van der Waals surface area contributed by atoms with Gasteiger partial charge in [-0.25, -0.2) is 4.99 Å². The lowest BCUT2D eigenvalue weighted by atomic mass is 10.1. The molecule has 1 aliphatic rings. The summed E-state index contributed by atoms with van der Waals surface area (Å²) in [4.78, 5) is 30.5. The fourth-order valence-electron chi connectivity index (χ4n) is 3.86. The number of rotatable bonds is 5. The van der Waals surface area contributed by atoms with E-state index in [2.05, 4.69) is 15.6 Å². The van der Waals surface area contributed by atoms with E-state index in [9.17, 15) is 9.59 Å². The molecule has 3 aromatic carbocycles. The van der Waals surface area contributed by atoms with Crippen molar-refractivity contribution in [1.29, 1.82) is 0 Å². The van der Waals surface area contributed by atoms with Crippen molar-refractivity contribution in [3.63, 3.8) is 0 Å². The Kier molecular flexibility index (Phi) is 6.87. The summed E-state index contributed by atoms with van der Waals surface area (Å²) in [7, 11) is 0. The molecule has 1 fully saturated rings. The van der Waals surface area contributed by atoms with E-state index in [0.717, 1.165) is 22.0 Å². The van der Waals surface area contributed by atoms with Gasteiger partial charge in [-0.15, -0.1) is 0 Å². The molecule has 2 amide bonds. The Balaban J connectivity index is 1.40. The molecule has 180 valence electrons. The van der Waals surface area contributed by atoms with Gasteiger partial charge in [0.05, 0.1) is 10.6 Å². The Morgan fingerprint density at radius 2 is 1.86 bits per heavy atom. The summed E-state index contributed by atoms with van der Waals surface area (Å²) in [6.07, 6.45) is 3.70. The Morgan fingerprint density at radius 3 is 2.67 bits per heavy atom. The number of halogens is 2. The summed E-state index contributed by atoms with van der Waals surface area (Å²) in [6, 6.07) is 20.2. The first-order valence-corrected chi connectivity index (χ1v) is 12.6. The predicted molar refractivity (Wildman–Crippen MR) is 149 cm³/mol. The quantitative estimate of drug-likeness (QED) is 0.277. The monoisotopic (exact) mass is 534 g/mol. The van der Waals surface area contributed by atoms with Gasteiger partial charge >= 0.3 is 0 Å². The van der Waals surface area contributed by atoms with Crippen LogP contribution in [-0.4, -0.2) is 21.5 Å². The SMILES string of the molecule is Cc1c(Cl)cccc1N=C1NC(=O)/C(=C\c2cn(CC(=O)Nc3ccc(Cl)cc3)c3ccccc23)S1. The standard InChI is InChI=1S/C27H20Cl2N4O2S/c1-16-21(29)6-4-7-22(16)31-27-32-26(35)24(36-27)13-17-14-33(23-8-3-2-5-20(17)23)15-25(34)30-19-11-9-18(28)10-12-19/h2-14H,15H2,1H3,(H,30,34)(H,31,32,35)/b24-13+. The summed E-state index contributed by atoms with van der Waals surface area (Å²) in [5, 5.41) is 8.35. The number of hydrogen-bond acceptors (Lipinski definition) is 4. The molecule has 1 aliphatic heterocycles. The van der Waals surface area contributed by atoms with Crippen LogP contribution < -0.4 is 10.6 Å². The van der Waals surface area contributed by atoms with E-state index in [1.54, 1.807) is 30.3 Å². The number of amidine groups is 1. The molecule has 0 atom stereocenters. The van der Waals surface area contributed by atoms with Crippen LogP contribution in [-0.2, 0) is 16.1 Å². The number of amides is 2. The van der Waals surface area contributed by atoms with Gasteiger partial charge in [0.15, 0.2) is 5.17 Å². The van der Waals surface area contributed by atoms with Gasteiger partial charge in [-0.05, 0) is 72.8 Å². The van der Waals surface area contributed by atoms with Crippen LogP contribution >= 0.6 is 35.0 Å². The number of para-hydroxylation sites is 1. The third-order valence-electron chi connectivity index (χ3n) is 5.66. The minimum atomic E-state index is -0.226. The van der Waals surface area contributed by atoms with Crippen LogP contribution in [0.5, 0.6) is 0 Å². The summed E-state index contributed by atoms with van der Waals surface area (Å²) < 4.78 is 1.87. The van der Waals surface area contributed by atoms with Gasteiger partial charge in [0.1, 0.15) is 6.54 Å². The van der Waals surface area contributed by atoms with Crippen LogP contribution in [0.15, 0.2) is 82.8 Å². The summed E-state index contributed by atoms with van der Waals surface area (Å²) >= 11 is 13.4. The topological polar surface area (TPSA) is 75.5 Å². The molecule has 9 heteroatoms. The zero-order valence-corrected chi connectivity index (χ0v) is 21.4. The van der Waals surface area contributed by atoms with Gasteiger partial charge in [0, 0.05) is 38.4 Å². The number of benzene rings is 3. The Bertz CT molecular complexity index is 1560. The molecule has 4 aromatic rings. The highest BCUT2D eigenvalue weighted by molar-refractivity contribution is 8.18. The van der Waals surface area contributed by atoms with E-state index in [-0.39, 0.29) is 18.4 Å². The lowest BCUT2D eigenvalue weighted by Crippen LogP contribution is -2.19. The average Bonchev–Trinajstić information content (AvgIpc) is 3.38. The van der Waals surface area contributed by atoms with Gasteiger partial charge in [0.25, 0.3) is 5.91 Å². The van der Waals surface area contributed by atoms with E-state index in [1.165, 1.54) is 11.8 Å². The van der Waals surface area contributed by atoms with Gasteiger partial charge in [-0.1, -0.05) is 47.5 Å². The zero-order chi connectivity index (χ0) is 25.2. The molecule has 6 nitrogen and oxygen atoms in total. The maximum Gasteiger partial charge on any atom is 0.264 e. The second-order valence-corrected chi connectivity index (χ2v) is 10.0. The number of hydrogen-bond donors (Lipinski definition) is 2. The van der Waals surface area contributed by atoms with Gasteiger partial charge in [0.2, 0.25) is 5.91 Å². The highest BCUT2D eigenvalue weighted by Gasteiger charge is 2.25. The van der Waals surface area contributed by atoms with Gasteiger partial charge in [-0.2, -0.15) is 0 Å². The van der Waals surface area contributed by atoms with Crippen molar-refractivity contribution in [3.05, 3.63) is 99.0 Å². The fraction of sp³-hybridized carbons (Fsp3) is 0.0741. The minimum Gasteiger partial charge on any atom is -0.337 e. The van der Waals surface area contributed by atoms with Crippen LogP contribution in [0.2, 0.25) is 10.0 Å². The molecule has 36 heavy (non-hydrogen) atoms. The third kappa shape index (κ3) is 5.18. The molecule has 5 rings (SSSR count). The summed E-state index contributed by atoms with van der Waals surface area (Å²) in [5.41, 5.74) is 3.95. The molecule has 2 heterocycles. The Labute approximate surface area is 222 Å². The van der Waals surface area contributed by atoms with Crippen molar-refractivity contribution in [2.75, 3.05) is 5.32 Å². The molecule has 2 N–H and O–H groups in total. The maximum atomic E-state index is 12.7. The maximum absolute atomic E-state index is 12.7. The molecule has 0 spiro atoms. The molecule has 0 unspecified atom stereocenters. The van der Waals surface area contributed by atoms with Crippen LogP contribution in [0.4, 0.5) is 11.4 Å². The molecule has 0 aliphatic carbocycles. The van der Waals surface area contributed by atoms with Crippen molar-refractivity contribution in [2.24, 2.45) is 4.99 Å². The molecule has 0 bridgehead atoms. The lowest BCUT2D eigenvalue weighted by Gasteiger charge is -2.07. The number of aromatic nitrogens is 1. The largest absolute Gasteiger partial charge is 0.337 e. The van der Waals surface area contributed by atoms with Crippen molar-refractivity contribution >= 4 is 80.3 Å². The number of carbonyl (C=O) groups excluding carboxylic acids is 2. The first-order valence-electron chi connectivity index (χ1n) is 11.1. The van der Waals surface area contributed by atoms with E-state index >= 15 is 0 Å². The average molecular weight is 535 g/mol. The second-order valence-electron chi connectivity index (χ2n) is 8.15. The number of nitrogens with zero attached hydrogens (tertiary/aromatic N) is 2. The number of fused-ring (bicyclic) bond motifs is 1. The van der Waals surface area contributed by atoms with E-state index < -0.39 is 0 Å². The molecule has 0 radical (unpaired) electrons. The molecule has 1 saturated heterocycles. The molecule has 0 saturated carbocycles. The van der Waals surface area contributed by atoms with E-state index in [1.807, 2.05) is 60.2 Å². The number of carbonyl (C=O) groups is 2. The van der Waals surface area contributed by atoms with E-state index in [4.69, 9.17) is 23.2 Å². The smallest absolute Gasteiger partial charge is 0.264 e. The molecular formula is C27H20Cl2N4O2S. The summed E-state index contributed by atoms with van der Waals surface area (Å²) in [6.45, 7) is 2.00. The van der Waals surface area contributed by atoms with Gasteiger partial charge < -0.3 is 15.2 Å².